The van der Waals surface area contributed by atoms with Crippen LogP contribution < -0.4 is 10.6 Å². The summed E-state index contributed by atoms with van der Waals surface area (Å²) in [4.78, 5) is 11.6. The molecule has 1 aromatic rings. The topological polar surface area (TPSA) is 41.1 Å². The van der Waals surface area contributed by atoms with E-state index < -0.39 is 5.82 Å². The molecule has 0 bridgehead atoms. The van der Waals surface area contributed by atoms with Gasteiger partial charge in [-0.25, -0.2) is 4.39 Å². The Kier molecular flexibility index (Phi) is 5.22. The van der Waals surface area contributed by atoms with E-state index in [9.17, 15) is 9.18 Å². The zero-order valence-electron chi connectivity index (χ0n) is 9.02. The lowest BCUT2D eigenvalue weighted by Crippen LogP contribution is -2.31. The third kappa shape index (κ3) is 3.79. The molecular formula is C11H14ClFN2O. The molecule has 2 N–H and O–H groups in total. The number of carbonyl (C=O) groups is 1. The Hall–Kier alpha value is -1.13. The van der Waals surface area contributed by atoms with Crippen molar-refractivity contribution < 1.29 is 9.18 Å². The van der Waals surface area contributed by atoms with Crippen LogP contribution in [0.2, 0.25) is 5.02 Å². The molecule has 5 heteroatoms. The van der Waals surface area contributed by atoms with Crippen LogP contribution in [0.4, 0.5) is 4.39 Å². The molecule has 0 aliphatic carbocycles. The minimum Gasteiger partial charge on any atom is -0.351 e. The molecule has 0 aliphatic heterocycles. The van der Waals surface area contributed by atoms with E-state index in [1.54, 1.807) is 0 Å². The van der Waals surface area contributed by atoms with Crippen LogP contribution in [0.15, 0.2) is 18.2 Å². The van der Waals surface area contributed by atoms with Crippen molar-refractivity contribution in [1.82, 2.24) is 10.6 Å². The van der Waals surface area contributed by atoms with E-state index in [1.807, 2.05) is 6.92 Å². The van der Waals surface area contributed by atoms with Crippen molar-refractivity contribution in [1.29, 1.82) is 0 Å². The fourth-order valence-corrected chi connectivity index (χ4v) is 1.46. The predicted molar refractivity (Wildman–Crippen MR) is 62.3 cm³/mol. The van der Waals surface area contributed by atoms with Crippen molar-refractivity contribution in [2.45, 2.75) is 6.92 Å². The van der Waals surface area contributed by atoms with Gasteiger partial charge in [-0.1, -0.05) is 18.5 Å². The van der Waals surface area contributed by atoms with Gasteiger partial charge in [0, 0.05) is 13.1 Å². The average molecular weight is 245 g/mol. The predicted octanol–water partition coefficient (Wildman–Crippen LogP) is 1.82. The number of halogens is 2. The summed E-state index contributed by atoms with van der Waals surface area (Å²) in [6.07, 6.45) is 0. The number of hydrogen-bond donors (Lipinski definition) is 2. The normalized spacial score (nSPS) is 10.2. The van der Waals surface area contributed by atoms with Gasteiger partial charge < -0.3 is 10.6 Å². The molecule has 0 aliphatic rings. The first-order valence-electron chi connectivity index (χ1n) is 5.09. The highest BCUT2D eigenvalue weighted by Crippen LogP contribution is 2.16. The van der Waals surface area contributed by atoms with Crippen molar-refractivity contribution in [3.8, 4) is 0 Å². The van der Waals surface area contributed by atoms with Crippen molar-refractivity contribution in [2.75, 3.05) is 19.6 Å². The first kappa shape index (κ1) is 12.9. The summed E-state index contributed by atoms with van der Waals surface area (Å²) in [6, 6.07) is 3.71. The third-order valence-corrected chi connectivity index (χ3v) is 2.33. The van der Waals surface area contributed by atoms with Crippen LogP contribution in [0, 0.1) is 5.82 Å². The van der Waals surface area contributed by atoms with E-state index in [4.69, 9.17) is 11.6 Å². The molecule has 0 saturated heterocycles. The van der Waals surface area contributed by atoms with Crippen LogP contribution in [0.1, 0.15) is 17.3 Å². The largest absolute Gasteiger partial charge is 0.351 e. The average Bonchev–Trinajstić information content (AvgIpc) is 2.24. The smallest absolute Gasteiger partial charge is 0.252 e. The van der Waals surface area contributed by atoms with Gasteiger partial charge >= 0.3 is 0 Å². The zero-order chi connectivity index (χ0) is 12.0. The van der Waals surface area contributed by atoms with E-state index >= 15 is 0 Å². The molecule has 0 fully saturated rings. The van der Waals surface area contributed by atoms with E-state index in [2.05, 4.69) is 10.6 Å². The Morgan fingerprint density at radius 1 is 1.44 bits per heavy atom. The van der Waals surface area contributed by atoms with Crippen LogP contribution in [0.25, 0.3) is 0 Å². The lowest BCUT2D eigenvalue weighted by molar-refractivity contribution is 0.0954. The van der Waals surface area contributed by atoms with Gasteiger partial charge in [0.25, 0.3) is 5.91 Å². The van der Waals surface area contributed by atoms with Crippen molar-refractivity contribution in [2.24, 2.45) is 0 Å². The Labute approximate surface area is 99.0 Å². The lowest BCUT2D eigenvalue weighted by Gasteiger charge is -2.06. The highest BCUT2D eigenvalue weighted by molar-refractivity contribution is 6.33. The van der Waals surface area contributed by atoms with Crippen molar-refractivity contribution >= 4 is 17.5 Å². The number of rotatable bonds is 5. The van der Waals surface area contributed by atoms with Gasteiger partial charge in [-0.3, -0.25) is 4.79 Å². The molecule has 1 aromatic carbocycles. The second kappa shape index (κ2) is 6.45. The minimum atomic E-state index is -0.450. The van der Waals surface area contributed by atoms with E-state index in [0.717, 1.165) is 12.6 Å². The van der Waals surface area contributed by atoms with Gasteiger partial charge in [0.05, 0.1) is 10.6 Å². The fraction of sp³-hybridized carbons (Fsp3) is 0.364. The van der Waals surface area contributed by atoms with Gasteiger partial charge in [0.2, 0.25) is 0 Å². The van der Waals surface area contributed by atoms with Gasteiger partial charge in [0.15, 0.2) is 0 Å². The summed E-state index contributed by atoms with van der Waals surface area (Å²) in [6.45, 7) is 4.05. The molecule has 0 spiro atoms. The highest BCUT2D eigenvalue weighted by atomic mass is 35.5. The molecule has 88 valence electrons. The number of benzene rings is 1. The van der Waals surface area contributed by atoms with Crippen LogP contribution in [-0.2, 0) is 0 Å². The standard InChI is InChI=1S/C11H14ClFN2O/c1-2-14-5-6-15-11(16)9-4-3-8(13)7-10(9)12/h3-4,7,14H,2,5-6H2,1H3,(H,15,16). The van der Waals surface area contributed by atoms with Gasteiger partial charge in [-0.05, 0) is 24.7 Å². The third-order valence-electron chi connectivity index (χ3n) is 2.01. The summed E-state index contributed by atoms with van der Waals surface area (Å²) >= 11 is 5.75. The Balaban J connectivity index is 2.53. The molecule has 3 nitrogen and oxygen atoms in total. The van der Waals surface area contributed by atoms with Crippen LogP contribution in [-0.4, -0.2) is 25.5 Å². The molecule has 0 atom stereocenters. The molecular weight excluding hydrogens is 231 g/mol. The molecule has 0 unspecified atom stereocenters. The monoisotopic (exact) mass is 244 g/mol. The maximum atomic E-state index is 12.7. The van der Waals surface area contributed by atoms with Crippen LogP contribution in [0.3, 0.4) is 0 Å². The number of carbonyl (C=O) groups excluding carboxylic acids is 1. The number of likely N-dealkylation sites (N-methyl/N-ethyl adjacent to an activating group) is 1. The van der Waals surface area contributed by atoms with Gasteiger partial charge in [-0.2, -0.15) is 0 Å². The first-order chi connectivity index (χ1) is 7.65. The van der Waals surface area contributed by atoms with Crippen molar-refractivity contribution in [3.63, 3.8) is 0 Å². The minimum absolute atomic E-state index is 0.126. The van der Waals surface area contributed by atoms with E-state index in [1.165, 1.54) is 12.1 Å². The summed E-state index contributed by atoms with van der Waals surface area (Å²) < 4.78 is 12.7. The second-order valence-corrected chi connectivity index (χ2v) is 3.64. The summed E-state index contributed by atoms with van der Waals surface area (Å²) in [5.74, 6) is -0.739. The zero-order valence-corrected chi connectivity index (χ0v) is 9.77. The fourth-order valence-electron chi connectivity index (χ4n) is 1.21. The SMILES string of the molecule is CCNCCNC(=O)c1ccc(F)cc1Cl. The number of amides is 1. The molecule has 16 heavy (non-hydrogen) atoms. The first-order valence-corrected chi connectivity index (χ1v) is 5.47. The van der Waals surface area contributed by atoms with Crippen LogP contribution >= 0.6 is 11.6 Å². The van der Waals surface area contributed by atoms with Gasteiger partial charge in [0.1, 0.15) is 5.82 Å². The van der Waals surface area contributed by atoms with E-state index in [-0.39, 0.29) is 10.9 Å². The molecule has 0 heterocycles. The maximum Gasteiger partial charge on any atom is 0.252 e. The molecule has 0 aromatic heterocycles. The second-order valence-electron chi connectivity index (χ2n) is 3.23. The quantitative estimate of drug-likeness (QED) is 0.776. The Morgan fingerprint density at radius 3 is 2.81 bits per heavy atom. The van der Waals surface area contributed by atoms with Crippen LogP contribution in [0.5, 0.6) is 0 Å². The molecule has 1 rings (SSSR count). The Morgan fingerprint density at radius 2 is 2.19 bits per heavy atom. The molecule has 1 amide bonds. The number of hydrogen-bond acceptors (Lipinski definition) is 2. The summed E-state index contributed by atoms with van der Waals surface area (Å²) in [5.41, 5.74) is 0.291. The lowest BCUT2D eigenvalue weighted by atomic mass is 10.2. The summed E-state index contributed by atoms with van der Waals surface area (Å²) in [5, 5.41) is 5.88. The van der Waals surface area contributed by atoms with Crippen molar-refractivity contribution in [3.05, 3.63) is 34.6 Å². The highest BCUT2D eigenvalue weighted by Gasteiger charge is 2.09. The Bertz CT molecular complexity index is 371. The maximum absolute atomic E-state index is 12.7. The number of nitrogens with one attached hydrogen (secondary N) is 2. The molecule has 0 saturated carbocycles. The van der Waals surface area contributed by atoms with E-state index in [0.29, 0.717) is 18.7 Å². The van der Waals surface area contributed by atoms with Gasteiger partial charge in [-0.15, -0.1) is 0 Å². The molecule has 0 radical (unpaired) electrons. The summed E-state index contributed by atoms with van der Waals surface area (Å²) in [7, 11) is 0.